The van der Waals surface area contributed by atoms with Crippen molar-refractivity contribution in [3.05, 3.63) is 0 Å². The molecule has 0 aliphatic carbocycles. The number of esters is 1. The van der Waals surface area contributed by atoms with Crippen LogP contribution in [-0.2, 0) is 9.53 Å². The molecule has 2 atom stereocenters. The lowest BCUT2D eigenvalue weighted by Crippen LogP contribution is -2.44. The summed E-state index contributed by atoms with van der Waals surface area (Å²) >= 11 is 0. The van der Waals surface area contributed by atoms with Gasteiger partial charge in [0.15, 0.2) is 0 Å². The van der Waals surface area contributed by atoms with Crippen molar-refractivity contribution in [3.63, 3.8) is 0 Å². The van der Waals surface area contributed by atoms with E-state index in [0.29, 0.717) is 0 Å². The van der Waals surface area contributed by atoms with Gasteiger partial charge in [0.05, 0.1) is 13.0 Å². The van der Waals surface area contributed by atoms with Crippen molar-refractivity contribution in [2.75, 3.05) is 13.7 Å². The van der Waals surface area contributed by atoms with Crippen LogP contribution in [0.25, 0.3) is 0 Å². The minimum absolute atomic E-state index is 0.177. The van der Waals surface area contributed by atoms with Gasteiger partial charge in [-0.1, -0.05) is 0 Å². The molecule has 6 heteroatoms. The lowest BCUT2D eigenvalue weighted by atomic mass is 10.0. The molecule has 1 fully saturated rings. The van der Waals surface area contributed by atoms with Crippen LogP contribution in [0, 0.1) is 5.92 Å². The largest absolute Gasteiger partial charge is 0.469 e. The lowest BCUT2D eigenvalue weighted by molar-refractivity contribution is -0.174. The number of nitrogens with one attached hydrogen (secondary N) is 1. The fourth-order valence-electron chi connectivity index (χ4n) is 1.45. The van der Waals surface area contributed by atoms with Crippen LogP contribution in [0.2, 0.25) is 0 Å². The molecule has 0 amide bonds. The fourth-order valence-corrected chi connectivity index (χ4v) is 1.45. The van der Waals surface area contributed by atoms with E-state index in [9.17, 15) is 18.0 Å². The number of carbonyl (C=O) groups is 1. The van der Waals surface area contributed by atoms with E-state index in [4.69, 9.17) is 0 Å². The third-order valence-corrected chi connectivity index (χ3v) is 2.08. The molecule has 0 spiro atoms. The highest BCUT2D eigenvalue weighted by molar-refractivity contribution is 5.73. The Bertz CT molecular complexity index is 204. The Hall–Kier alpha value is -0.780. The second-order valence-electron chi connectivity index (χ2n) is 2.89. The summed E-state index contributed by atoms with van der Waals surface area (Å²) in [7, 11) is 1.09. The van der Waals surface area contributed by atoms with Crippen molar-refractivity contribution in [3.8, 4) is 0 Å². The maximum atomic E-state index is 12.2. The maximum Gasteiger partial charge on any atom is 0.404 e. The van der Waals surface area contributed by atoms with E-state index in [2.05, 4.69) is 10.1 Å². The summed E-state index contributed by atoms with van der Waals surface area (Å²) in [5.41, 5.74) is 0. The summed E-state index contributed by atoms with van der Waals surface area (Å²) in [6, 6.07) is -1.75. The standard InChI is InChI=1S/C7H10F3NO2/c1-13-6(12)4-2-3-11-5(4)7(8,9)10/h4-5,11H,2-3H2,1H3/t4-,5-/m0/s1. The van der Waals surface area contributed by atoms with E-state index >= 15 is 0 Å². The van der Waals surface area contributed by atoms with Crippen LogP contribution in [0.15, 0.2) is 0 Å². The summed E-state index contributed by atoms with van der Waals surface area (Å²) in [5.74, 6) is -1.89. The Morgan fingerprint density at radius 2 is 2.15 bits per heavy atom. The molecule has 1 aliphatic heterocycles. The van der Waals surface area contributed by atoms with Gasteiger partial charge in [-0.05, 0) is 13.0 Å². The van der Waals surface area contributed by atoms with Gasteiger partial charge in [0.1, 0.15) is 6.04 Å². The van der Waals surface area contributed by atoms with Crippen LogP contribution >= 0.6 is 0 Å². The quantitative estimate of drug-likeness (QED) is 0.629. The fraction of sp³-hybridized carbons (Fsp3) is 0.857. The lowest BCUT2D eigenvalue weighted by Gasteiger charge is -2.20. The van der Waals surface area contributed by atoms with Crippen molar-refractivity contribution in [2.24, 2.45) is 5.92 Å². The first kappa shape index (κ1) is 10.3. The Morgan fingerprint density at radius 1 is 1.54 bits per heavy atom. The van der Waals surface area contributed by atoms with Crippen molar-refractivity contribution >= 4 is 5.97 Å². The molecular weight excluding hydrogens is 187 g/mol. The van der Waals surface area contributed by atoms with E-state index in [1.54, 1.807) is 0 Å². The average molecular weight is 197 g/mol. The van der Waals surface area contributed by atoms with Gasteiger partial charge < -0.3 is 10.1 Å². The number of carbonyl (C=O) groups excluding carboxylic acids is 1. The molecule has 1 rings (SSSR count). The zero-order valence-electron chi connectivity index (χ0n) is 7.02. The van der Waals surface area contributed by atoms with Crippen LogP contribution in [0.3, 0.4) is 0 Å². The number of hydrogen-bond donors (Lipinski definition) is 1. The second kappa shape index (κ2) is 3.53. The van der Waals surface area contributed by atoms with Crippen LogP contribution in [0.4, 0.5) is 13.2 Å². The van der Waals surface area contributed by atoms with E-state index in [0.717, 1.165) is 7.11 Å². The number of alkyl halides is 3. The number of hydrogen-bond acceptors (Lipinski definition) is 3. The van der Waals surface area contributed by atoms with E-state index < -0.39 is 24.1 Å². The third kappa shape index (κ3) is 2.12. The molecule has 0 aromatic heterocycles. The first-order valence-corrected chi connectivity index (χ1v) is 3.84. The first-order chi connectivity index (χ1) is 5.96. The predicted molar refractivity (Wildman–Crippen MR) is 38.0 cm³/mol. The number of halogens is 3. The third-order valence-electron chi connectivity index (χ3n) is 2.08. The summed E-state index contributed by atoms with van der Waals surface area (Å²) in [5, 5.41) is 2.24. The van der Waals surface area contributed by atoms with Gasteiger partial charge in [-0.25, -0.2) is 0 Å². The van der Waals surface area contributed by atoms with Crippen molar-refractivity contribution in [1.29, 1.82) is 0 Å². The molecule has 13 heavy (non-hydrogen) atoms. The number of methoxy groups -OCH3 is 1. The second-order valence-corrected chi connectivity index (χ2v) is 2.89. The Labute approximate surface area is 73.2 Å². The normalized spacial score (nSPS) is 28.9. The van der Waals surface area contributed by atoms with Crippen LogP contribution < -0.4 is 5.32 Å². The highest BCUT2D eigenvalue weighted by atomic mass is 19.4. The molecule has 1 saturated heterocycles. The molecule has 0 aromatic rings. The zero-order valence-corrected chi connectivity index (χ0v) is 7.02. The summed E-state index contributed by atoms with van der Waals surface area (Å²) < 4.78 is 41.0. The molecule has 3 nitrogen and oxygen atoms in total. The highest BCUT2D eigenvalue weighted by Gasteiger charge is 2.50. The maximum absolute atomic E-state index is 12.2. The van der Waals surface area contributed by atoms with Crippen molar-refractivity contribution in [2.45, 2.75) is 18.6 Å². The Morgan fingerprint density at radius 3 is 2.62 bits per heavy atom. The molecule has 0 saturated carbocycles. The van der Waals surface area contributed by atoms with E-state index in [-0.39, 0.29) is 13.0 Å². The van der Waals surface area contributed by atoms with Gasteiger partial charge in [0.25, 0.3) is 0 Å². The molecule has 1 N–H and O–H groups in total. The van der Waals surface area contributed by atoms with E-state index in [1.807, 2.05) is 0 Å². The summed E-state index contributed by atoms with van der Waals surface area (Å²) in [6.45, 7) is 0.198. The Kier molecular flexibility index (Phi) is 2.80. The molecular formula is C7H10F3NO2. The van der Waals surface area contributed by atoms with Gasteiger partial charge in [0.2, 0.25) is 0 Å². The molecule has 1 heterocycles. The number of rotatable bonds is 1. The predicted octanol–water partition coefficient (Wildman–Crippen LogP) is 0.700. The van der Waals surface area contributed by atoms with Crippen LogP contribution in [-0.4, -0.2) is 31.8 Å². The van der Waals surface area contributed by atoms with Gasteiger partial charge in [0, 0.05) is 0 Å². The highest BCUT2D eigenvalue weighted by Crippen LogP contribution is 2.31. The number of ether oxygens (including phenoxy) is 1. The van der Waals surface area contributed by atoms with Crippen molar-refractivity contribution in [1.82, 2.24) is 5.32 Å². The van der Waals surface area contributed by atoms with Crippen molar-refractivity contribution < 1.29 is 22.7 Å². The smallest absolute Gasteiger partial charge is 0.404 e. The van der Waals surface area contributed by atoms with Gasteiger partial charge in [-0.15, -0.1) is 0 Å². The molecule has 0 unspecified atom stereocenters. The minimum Gasteiger partial charge on any atom is -0.469 e. The molecule has 0 aromatic carbocycles. The van der Waals surface area contributed by atoms with Gasteiger partial charge in [-0.2, -0.15) is 13.2 Å². The summed E-state index contributed by atoms with van der Waals surface area (Å²) in [4.78, 5) is 10.9. The molecule has 0 radical (unpaired) electrons. The molecule has 1 aliphatic rings. The average Bonchev–Trinajstić information content (AvgIpc) is 2.49. The first-order valence-electron chi connectivity index (χ1n) is 3.84. The monoisotopic (exact) mass is 197 g/mol. The minimum atomic E-state index is -4.38. The van der Waals surface area contributed by atoms with Gasteiger partial charge in [-0.3, -0.25) is 4.79 Å². The summed E-state index contributed by atoms with van der Waals surface area (Å²) in [6.07, 6.45) is -4.20. The van der Waals surface area contributed by atoms with E-state index in [1.165, 1.54) is 0 Å². The Balaban J connectivity index is 2.70. The molecule has 76 valence electrons. The van der Waals surface area contributed by atoms with Crippen LogP contribution in [0.1, 0.15) is 6.42 Å². The van der Waals surface area contributed by atoms with Gasteiger partial charge >= 0.3 is 12.1 Å². The zero-order chi connectivity index (χ0) is 10.1. The molecule has 0 bridgehead atoms. The topological polar surface area (TPSA) is 38.3 Å². The van der Waals surface area contributed by atoms with Crippen LogP contribution in [0.5, 0.6) is 0 Å². The SMILES string of the molecule is COC(=O)[C@H]1CCN[C@@H]1C(F)(F)F.